The van der Waals surface area contributed by atoms with Crippen molar-refractivity contribution in [2.75, 3.05) is 0 Å². The van der Waals surface area contributed by atoms with Crippen LogP contribution in [0, 0.1) is 17.2 Å². The Bertz CT molecular complexity index is 1060. The monoisotopic (exact) mass is 386 g/mol. The largest absolute Gasteiger partial charge is 0.358 e. The first-order valence-electron chi connectivity index (χ1n) is 8.27. The number of rotatable bonds is 1. The number of halogens is 1. The number of para-hydroxylation sites is 2. The van der Waals surface area contributed by atoms with E-state index in [2.05, 4.69) is 79.3 Å². The summed E-state index contributed by atoms with van der Waals surface area (Å²) in [6.07, 6.45) is 0. The van der Waals surface area contributed by atoms with Gasteiger partial charge >= 0.3 is 0 Å². The SMILES string of the molecule is CC1=[NH+]c2ccccc2/C1=C(/C)c1c(C)[nH]c2ccccc12.[O-][Cl+3]([O-])([O-])[O-]. The second-order valence-electron chi connectivity index (χ2n) is 6.34. The maximum absolute atomic E-state index is 8.49. The summed E-state index contributed by atoms with van der Waals surface area (Å²) in [5.74, 6) is 0. The highest BCUT2D eigenvalue weighted by molar-refractivity contribution is 6.30. The van der Waals surface area contributed by atoms with E-state index in [0.717, 1.165) is 0 Å². The van der Waals surface area contributed by atoms with Crippen LogP contribution in [0.5, 0.6) is 0 Å². The van der Waals surface area contributed by atoms with Crippen molar-refractivity contribution in [1.82, 2.24) is 4.98 Å². The van der Waals surface area contributed by atoms with Crippen LogP contribution in [-0.2, 0) is 0 Å². The first-order chi connectivity index (χ1) is 12.7. The van der Waals surface area contributed by atoms with Crippen molar-refractivity contribution in [3.05, 3.63) is 65.4 Å². The van der Waals surface area contributed by atoms with Crippen molar-refractivity contribution in [3.63, 3.8) is 0 Å². The fourth-order valence-electron chi connectivity index (χ4n) is 3.64. The highest BCUT2D eigenvalue weighted by Gasteiger charge is 2.27. The van der Waals surface area contributed by atoms with Crippen LogP contribution in [0.1, 0.15) is 30.7 Å². The molecule has 2 heterocycles. The third kappa shape index (κ3) is 4.10. The number of benzene rings is 2. The molecule has 0 saturated heterocycles. The molecule has 0 bridgehead atoms. The zero-order valence-electron chi connectivity index (χ0n) is 15.1. The minimum Gasteiger partial charge on any atom is -0.358 e. The van der Waals surface area contributed by atoms with E-state index in [1.807, 2.05) is 0 Å². The molecular formula is C20H19ClN2O4. The fraction of sp³-hybridized carbons (Fsp3) is 0.150. The summed E-state index contributed by atoms with van der Waals surface area (Å²) in [4.78, 5) is 7.01. The average Bonchev–Trinajstić information content (AvgIpc) is 3.08. The molecule has 0 saturated carbocycles. The third-order valence-corrected chi connectivity index (χ3v) is 4.54. The zero-order chi connectivity index (χ0) is 19.8. The van der Waals surface area contributed by atoms with Crippen molar-refractivity contribution in [2.24, 2.45) is 0 Å². The Morgan fingerprint density at radius 2 is 1.52 bits per heavy atom. The van der Waals surface area contributed by atoms with E-state index in [4.69, 9.17) is 18.6 Å². The molecular weight excluding hydrogens is 368 g/mol. The van der Waals surface area contributed by atoms with Crippen molar-refractivity contribution in [2.45, 2.75) is 20.8 Å². The van der Waals surface area contributed by atoms with E-state index < -0.39 is 10.2 Å². The van der Waals surface area contributed by atoms with Crippen molar-refractivity contribution in [3.8, 4) is 0 Å². The second-order valence-corrected chi connectivity index (χ2v) is 7.10. The Balaban J connectivity index is 0.000000376. The van der Waals surface area contributed by atoms with E-state index >= 15 is 0 Å². The lowest BCUT2D eigenvalue weighted by atomic mass is 9.92. The summed E-state index contributed by atoms with van der Waals surface area (Å²) < 4.78 is 34.0. The molecule has 1 aliphatic rings. The fourth-order valence-corrected chi connectivity index (χ4v) is 3.64. The van der Waals surface area contributed by atoms with Crippen LogP contribution >= 0.6 is 0 Å². The van der Waals surface area contributed by atoms with Gasteiger partial charge in [0.05, 0.1) is 11.1 Å². The van der Waals surface area contributed by atoms with E-state index in [-0.39, 0.29) is 0 Å². The van der Waals surface area contributed by atoms with Gasteiger partial charge in [0.1, 0.15) is 0 Å². The molecule has 7 heteroatoms. The second kappa shape index (κ2) is 7.26. The number of aromatic amines is 1. The van der Waals surface area contributed by atoms with Gasteiger partial charge < -0.3 is 4.98 Å². The summed E-state index contributed by atoms with van der Waals surface area (Å²) in [6, 6.07) is 17.0. The predicted octanol–water partition coefficient (Wildman–Crippen LogP) is -1.16. The molecule has 2 N–H and O–H groups in total. The molecule has 0 atom stereocenters. The van der Waals surface area contributed by atoms with Gasteiger partial charge in [0, 0.05) is 35.2 Å². The summed E-state index contributed by atoms with van der Waals surface area (Å²) >= 11 is 0. The first-order valence-corrected chi connectivity index (χ1v) is 9.51. The van der Waals surface area contributed by atoms with Crippen LogP contribution in [0.15, 0.2) is 48.5 Å². The van der Waals surface area contributed by atoms with Gasteiger partial charge in [0.15, 0.2) is 5.71 Å². The van der Waals surface area contributed by atoms with Crippen LogP contribution in [0.3, 0.4) is 0 Å². The van der Waals surface area contributed by atoms with Gasteiger partial charge in [-0.25, -0.2) is 23.6 Å². The molecule has 140 valence electrons. The number of allylic oxidation sites excluding steroid dienone is 2. The van der Waals surface area contributed by atoms with E-state index in [9.17, 15) is 0 Å². The van der Waals surface area contributed by atoms with E-state index in [1.165, 1.54) is 50.3 Å². The number of hydrogen-bond acceptors (Lipinski definition) is 4. The third-order valence-electron chi connectivity index (χ3n) is 4.54. The van der Waals surface area contributed by atoms with Crippen molar-refractivity contribution in [1.29, 1.82) is 0 Å². The molecule has 0 aliphatic carbocycles. The Hall–Kier alpha value is -2.48. The summed E-state index contributed by atoms with van der Waals surface area (Å²) in [5, 5.41) is 1.29. The topological polar surface area (TPSA) is 122 Å². The van der Waals surface area contributed by atoms with Crippen molar-refractivity contribution < 1.29 is 33.9 Å². The lowest BCUT2D eigenvalue weighted by Gasteiger charge is -2.17. The van der Waals surface area contributed by atoms with Gasteiger partial charge in [-0.2, -0.15) is 0 Å². The van der Waals surface area contributed by atoms with Crippen LogP contribution in [0.4, 0.5) is 5.69 Å². The summed E-state index contributed by atoms with van der Waals surface area (Å²) in [6.45, 7) is 6.54. The molecule has 4 rings (SSSR count). The molecule has 0 spiro atoms. The standard InChI is InChI=1S/C20H18N2.ClHO4/c1-12(19-13(2)21-17-10-6-4-8-15(17)19)20-14(3)22-18-11-7-5-9-16(18)20;2-1(3,4)5/h4-11,21H,1-3H3;(H,2,3,4,5)/b20-12-;. The Labute approximate surface area is 158 Å². The normalized spacial score (nSPS) is 15.1. The molecule has 0 radical (unpaired) electrons. The average molecular weight is 387 g/mol. The molecule has 27 heavy (non-hydrogen) atoms. The number of fused-ring (bicyclic) bond motifs is 2. The maximum Gasteiger partial charge on any atom is 0.211 e. The number of aryl methyl sites for hydroxylation is 1. The maximum atomic E-state index is 8.49. The van der Waals surface area contributed by atoms with Gasteiger partial charge in [-0.05, 0) is 31.6 Å². The van der Waals surface area contributed by atoms with Crippen LogP contribution in [0.2, 0.25) is 0 Å². The summed E-state index contributed by atoms with van der Waals surface area (Å²) in [5.41, 5.74) is 10.1. The molecule has 6 nitrogen and oxygen atoms in total. The number of H-pyrrole nitrogens is 1. The van der Waals surface area contributed by atoms with Crippen LogP contribution < -0.4 is 23.6 Å². The Morgan fingerprint density at radius 1 is 0.926 bits per heavy atom. The lowest BCUT2D eigenvalue weighted by Crippen LogP contribution is -2.68. The number of aromatic nitrogens is 1. The van der Waals surface area contributed by atoms with E-state index in [0.29, 0.717) is 0 Å². The lowest BCUT2D eigenvalue weighted by molar-refractivity contribution is -2.00. The first kappa shape index (κ1) is 19.3. The molecule has 2 aromatic carbocycles. The van der Waals surface area contributed by atoms with Crippen LogP contribution in [0.25, 0.3) is 22.0 Å². The highest BCUT2D eigenvalue weighted by Crippen LogP contribution is 2.36. The molecule has 1 aromatic heterocycles. The van der Waals surface area contributed by atoms with Gasteiger partial charge in [0.2, 0.25) is 5.69 Å². The number of hydrogen-bond donors (Lipinski definition) is 2. The van der Waals surface area contributed by atoms with Crippen molar-refractivity contribution >= 4 is 33.4 Å². The quantitative estimate of drug-likeness (QED) is 0.547. The molecule has 0 unspecified atom stereocenters. The van der Waals surface area contributed by atoms with E-state index in [1.54, 1.807) is 0 Å². The smallest absolute Gasteiger partial charge is 0.211 e. The molecule has 0 fully saturated rings. The van der Waals surface area contributed by atoms with Gasteiger partial charge in [0.25, 0.3) is 0 Å². The summed E-state index contributed by atoms with van der Waals surface area (Å²) in [7, 11) is -4.94. The molecule has 0 amide bonds. The van der Waals surface area contributed by atoms with Gasteiger partial charge in [-0.3, -0.25) is 0 Å². The van der Waals surface area contributed by atoms with Crippen LogP contribution in [-0.4, -0.2) is 10.7 Å². The molecule has 3 aromatic rings. The minimum atomic E-state index is -4.94. The minimum absolute atomic E-state index is 1.20. The number of nitrogens with one attached hydrogen (secondary N) is 2. The van der Waals surface area contributed by atoms with Gasteiger partial charge in [-0.15, -0.1) is 10.2 Å². The Morgan fingerprint density at radius 3 is 2.22 bits per heavy atom. The zero-order valence-corrected chi connectivity index (χ0v) is 15.9. The van der Waals surface area contributed by atoms with Gasteiger partial charge in [-0.1, -0.05) is 30.3 Å². The molecule has 1 aliphatic heterocycles. The highest BCUT2D eigenvalue weighted by atomic mass is 35.7. The predicted molar refractivity (Wildman–Crippen MR) is 93.3 cm³/mol. The Kier molecular flexibility index (Phi) is 5.19.